The number of aliphatic hydroxyl groups excluding tert-OH is 4. The molecule has 168 valence electrons. The highest BCUT2D eigenvalue weighted by Crippen LogP contribution is 2.26. The zero-order valence-corrected chi connectivity index (χ0v) is 18.4. The number of para-hydroxylation sites is 2. The molecule has 2 aromatic rings. The summed E-state index contributed by atoms with van der Waals surface area (Å²) in [5, 5.41) is 35.7. The fourth-order valence-electron chi connectivity index (χ4n) is 2.66. The molecule has 0 bridgehead atoms. The van der Waals surface area contributed by atoms with Gasteiger partial charge in [-0.15, -0.1) is 0 Å². The molecule has 0 aromatic heterocycles. The monoisotopic (exact) mass is 420 g/mol. The Morgan fingerprint density at radius 3 is 1.27 bits per heavy atom. The molecule has 2 rings (SSSR count). The third-order valence-corrected chi connectivity index (χ3v) is 4.37. The van der Waals surface area contributed by atoms with E-state index in [1.54, 1.807) is 0 Å². The number of ether oxygens (including phenoxy) is 2. The Morgan fingerprint density at radius 1 is 0.633 bits per heavy atom. The first-order valence-corrected chi connectivity index (χ1v) is 10.3. The molecule has 2 aromatic carbocycles. The van der Waals surface area contributed by atoms with Crippen molar-refractivity contribution in [3.05, 3.63) is 59.7 Å². The van der Waals surface area contributed by atoms with Gasteiger partial charge < -0.3 is 29.9 Å². The van der Waals surface area contributed by atoms with Gasteiger partial charge in [-0.3, -0.25) is 0 Å². The first-order valence-electron chi connectivity index (χ1n) is 10.3. The van der Waals surface area contributed by atoms with E-state index in [9.17, 15) is 10.2 Å². The highest BCUT2D eigenvalue weighted by atomic mass is 16.5. The average Bonchev–Trinajstić information content (AvgIpc) is 2.76. The highest BCUT2D eigenvalue weighted by molar-refractivity contribution is 5.36. The Bertz CT molecular complexity index is 655. The largest absolute Gasteiger partial charge is 0.491 e. The van der Waals surface area contributed by atoms with Crippen LogP contribution in [-0.4, -0.2) is 59.1 Å². The molecule has 2 atom stereocenters. The van der Waals surface area contributed by atoms with Crippen LogP contribution in [-0.2, 0) is 0 Å². The molecule has 0 fully saturated rings. The lowest BCUT2D eigenvalue weighted by Crippen LogP contribution is -2.21. The topological polar surface area (TPSA) is 99.4 Å². The summed E-state index contributed by atoms with van der Waals surface area (Å²) < 4.78 is 10.9. The summed E-state index contributed by atoms with van der Waals surface area (Å²) in [6, 6.07) is 15.5. The van der Waals surface area contributed by atoms with E-state index in [0.717, 1.165) is 22.6 Å². The van der Waals surface area contributed by atoms with Gasteiger partial charge in [0.25, 0.3) is 0 Å². The fraction of sp³-hybridized carbons (Fsp3) is 0.500. The quantitative estimate of drug-likeness (QED) is 0.471. The van der Waals surface area contributed by atoms with E-state index < -0.39 is 12.2 Å². The Labute approximate surface area is 179 Å². The molecule has 0 aliphatic rings. The van der Waals surface area contributed by atoms with Crippen LogP contribution in [0.15, 0.2) is 48.5 Å². The summed E-state index contributed by atoms with van der Waals surface area (Å²) in [5.74, 6) is 2.32. The van der Waals surface area contributed by atoms with Gasteiger partial charge in [0.15, 0.2) is 0 Å². The van der Waals surface area contributed by atoms with E-state index in [0.29, 0.717) is 11.8 Å². The van der Waals surface area contributed by atoms with Crippen molar-refractivity contribution in [3.8, 4) is 11.5 Å². The molecule has 0 aliphatic heterocycles. The van der Waals surface area contributed by atoms with E-state index in [-0.39, 0.29) is 26.4 Å². The highest BCUT2D eigenvalue weighted by Gasteiger charge is 2.10. The van der Waals surface area contributed by atoms with E-state index >= 15 is 0 Å². The summed E-state index contributed by atoms with van der Waals surface area (Å²) in [6.45, 7) is 8.05. The first-order chi connectivity index (χ1) is 14.3. The van der Waals surface area contributed by atoms with Gasteiger partial charge in [0.2, 0.25) is 0 Å². The maximum atomic E-state index is 9.17. The lowest BCUT2D eigenvalue weighted by molar-refractivity contribution is 0.0532. The summed E-state index contributed by atoms with van der Waals surface area (Å²) in [4.78, 5) is 0. The van der Waals surface area contributed by atoms with Gasteiger partial charge in [0.05, 0.1) is 13.2 Å². The molecular weight excluding hydrogens is 384 g/mol. The van der Waals surface area contributed by atoms with Crippen molar-refractivity contribution in [1.82, 2.24) is 0 Å². The van der Waals surface area contributed by atoms with Gasteiger partial charge in [-0.1, -0.05) is 64.1 Å². The second kappa shape index (κ2) is 14.0. The fourth-order valence-corrected chi connectivity index (χ4v) is 2.66. The van der Waals surface area contributed by atoms with Gasteiger partial charge in [0, 0.05) is 0 Å². The van der Waals surface area contributed by atoms with Crippen LogP contribution in [0.1, 0.15) is 50.7 Å². The van der Waals surface area contributed by atoms with Crippen molar-refractivity contribution in [1.29, 1.82) is 0 Å². The first kappa shape index (κ1) is 25.9. The SMILES string of the molecule is CC(C)c1ccccc1OC[C@@H](O)CO.CC(C)c1ccccc1OC[C@H](O)CO. The molecule has 0 spiro atoms. The minimum absolute atomic E-state index is 0.125. The predicted molar refractivity (Wildman–Crippen MR) is 118 cm³/mol. The second-order valence-corrected chi connectivity index (χ2v) is 7.68. The summed E-state index contributed by atoms with van der Waals surface area (Å²) >= 11 is 0. The lowest BCUT2D eigenvalue weighted by atomic mass is 10.0. The van der Waals surface area contributed by atoms with Gasteiger partial charge in [-0.25, -0.2) is 0 Å². The smallest absolute Gasteiger partial charge is 0.122 e. The van der Waals surface area contributed by atoms with Crippen molar-refractivity contribution in [2.75, 3.05) is 26.4 Å². The average molecular weight is 421 g/mol. The van der Waals surface area contributed by atoms with Gasteiger partial charge in [-0.05, 0) is 35.1 Å². The van der Waals surface area contributed by atoms with Crippen LogP contribution in [0, 0.1) is 0 Å². The van der Waals surface area contributed by atoms with Crippen LogP contribution in [0.4, 0.5) is 0 Å². The minimum Gasteiger partial charge on any atom is -0.491 e. The molecule has 4 N–H and O–H groups in total. The maximum absolute atomic E-state index is 9.17. The summed E-state index contributed by atoms with van der Waals surface area (Å²) in [7, 11) is 0. The number of hydrogen-bond acceptors (Lipinski definition) is 6. The van der Waals surface area contributed by atoms with E-state index in [4.69, 9.17) is 19.7 Å². The maximum Gasteiger partial charge on any atom is 0.122 e. The van der Waals surface area contributed by atoms with E-state index in [1.165, 1.54) is 0 Å². The Hall–Kier alpha value is -2.12. The van der Waals surface area contributed by atoms with Crippen LogP contribution < -0.4 is 9.47 Å². The molecule has 0 radical (unpaired) electrons. The van der Waals surface area contributed by atoms with Crippen molar-refractivity contribution >= 4 is 0 Å². The molecule has 0 saturated carbocycles. The standard InChI is InChI=1S/2C12H18O3/c2*1-9(2)11-5-3-4-6-12(11)15-8-10(14)7-13/h2*3-6,9-10,13-14H,7-8H2,1-2H3/t2*10-/m10/s1. The molecule has 30 heavy (non-hydrogen) atoms. The number of rotatable bonds is 10. The van der Waals surface area contributed by atoms with Crippen LogP contribution in [0.5, 0.6) is 11.5 Å². The van der Waals surface area contributed by atoms with Gasteiger partial charge >= 0.3 is 0 Å². The minimum atomic E-state index is -0.815. The Balaban J connectivity index is 0.000000300. The lowest BCUT2D eigenvalue weighted by Gasteiger charge is -2.15. The second-order valence-electron chi connectivity index (χ2n) is 7.68. The third kappa shape index (κ3) is 9.13. The van der Waals surface area contributed by atoms with Crippen LogP contribution in [0.2, 0.25) is 0 Å². The van der Waals surface area contributed by atoms with Crippen LogP contribution >= 0.6 is 0 Å². The molecule has 6 heteroatoms. The summed E-state index contributed by atoms with van der Waals surface area (Å²) in [5.41, 5.74) is 2.23. The van der Waals surface area contributed by atoms with Gasteiger partial charge in [0.1, 0.15) is 36.9 Å². The third-order valence-electron chi connectivity index (χ3n) is 4.37. The molecule has 6 nitrogen and oxygen atoms in total. The van der Waals surface area contributed by atoms with Crippen LogP contribution in [0.25, 0.3) is 0 Å². The number of hydrogen-bond donors (Lipinski definition) is 4. The van der Waals surface area contributed by atoms with Crippen molar-refractivity contribution < 1.29 is 29.9 Å². The zero-order valence-electron chi connectivity index (χ0n) is 18.4. The van der Waals surface area contributed by atoms with Crippen LogP contribution in [0.3, 0.4) is 0 Å². The molecule has 0 amide bonds. The van der Waals surface area contributed by atoms with E-state index in [1.807, 2.05) is 48.5 Å². The van der Waals surface area contributed by atoms with E-state index in [2.05, 4.69) is 27.7 Å². The van der Waals surface area contributed by atoms with Crippen molar-refractivity contribution in [2.45, 2.75) is 51.7 Å². The molecular formula is C24H36O6. The van der Waals surface area contributed by atoms with Crippen molar-refractivity contribution in [3.63, 3.8) is 0 Å². The predicted octanol–water partition coefficient (Wildman–Crippen LogP) is 3.08. The molecule has 0 saturated heterocycles. The molecule has 0 heterocycles. The zero-order chi connectivity index (χ0) is 22.5. The normalized spacial score (nSPS) is 12.9. The number of benzene rings is 2. The molecule has 0 aliphatic carbocycles. The summed E-state index contributed by atoms with van der Waals surface area (Å²) in [6.07, 6.45) is -1.63. The van der Waals surface area contributed by atoms with Crippen molar-refractivity contribution in [2.24, 2.45) is 0 Å². The Kier molecular flexibility index (Phi) is 12.1. The number of aliphatic hydroxyl groups is 4. The Morgan fingerprint density at radius 2 is 0.967 bits per heavy atom. The molecule has 0 unspecified atom stereocenters. The van der Waals surface area contributed by atoms with Gasteiger partial charge in [-0.2, -0.15) is 0 Å².